The lowest BCUT2D eigenvalue weighted by molar-refractivity contribution is 0.0822. The van der Waals surface area contributed by atoms with Gasteiger partial charge >= 0.3 is 0 Å². The van der Waals surface area contributed by atoms with E-state index in [2.05, 4.69) is 10.3 Å². The highest BCUT2D eigenvalue weighted by atomic mass is 19.1. The zero-order chi connectivity index (χ0) is 15.4. The number of carbonyl (C=O) groups is 1. The van der Waals surface area contributed by atoms with Crippen LogP contribution in [-0.4, -0.2) is 29.9 Å². The fourth-order valence-corrected chi connectivity index (χ4v) is 1.76. The number of pyridine rings is 1. The third-order valence-corrected chi connectivity index (χ3v) is 2.88. The summed E-state index contributed by atoms with van der Waals surface area (Å²) >= 11 is 0. The molecule has 1 amide bonds. The van der Waals surface area contributed by atoms with Gasteiger partial charge in [-0.1, -0.05) is 0 Å². The Balaban J connectivity index is 2.12. The molecule has 1 aromatic carbocycles. The van der Waals surface area contributed by atoms with E-state index < -0.39 is 11.6 Å². The number of carbonyl (C=O) groups excluding carboxylic acids is 1. The topological polar surface area (TPSA) is 45.2 Å². The molecule has 0 radical (unpaired) electrons. The summed E-state index contributed by atoms with van der Waals surface area (Å²) in [7, 11) is 3.26. The maximum absolute atomic E-state index is 13.5. The van der Waals surface area contributed by atoms with E-state index in [1.165, 1.54) is 11.1 Å². The number of anilines is 1. The lowest BCUT2D eigenvalue weighted by atomic mass is 10.2. The van der Waals surface area contributed by atoms with E-state index in [9.17, 15) is 13.6 Å². The second-order valence-electron chi connectivity index (χ2n) is 4.72. The number of aromatic nitrogens is 1. The first-order chi connectivity index (χ1) is 9.97. The van der Waals surface area contributed by atoms with Crippen LogP contribution in [0.5, 0.6) is 0 Å². The van der Waals surface area contributed by atoms with Gasteiger partial charge in [0.1, 0.15) is 17.3 Å². The van der Waals surface area contributed by atoms with Crippen molar-refractivity contribution in [1.29, 1.82) is 0 Å². The molecule has 21 heavy (non-hydrogen) atoms. The van der Waals surface area contributed by atoms with Crippen LogP contribution in [0.1, 0.15) is 16.1 Å². The van der Waals surface area contributed by atoms with Crippen LogP contribution in [0.15, 0.2) is 36.5 Å². The Kier molecular flexibility index (Phi) is 4.47. The van der Waals surface area contributed by atoms with Crippen LogP contribution >= 0.6 is 0 Å². The smallest absolute Gasteiger partial charge is 0.272 e. The van der Waals surface area contributed by atoms with Crippen molar-refractivity contribution in [3.05, 3.63) is 59.4 Å². The number of nitrogens with zero attached hydrogens (tertiary/aromatic N) is 2. The number of hydrogen-bond donors (Lipinski definition) is 1. The predicted molar refractivity (Wildman–Crippen MR) is 75.9 cm³/mol. The van der Waals surface area contributed by atoms with Crippen molar-refractivity contribution in [2.24, 2.45) is 0 Å². The van der Waals surface area contributed by atoms with Crippen molar-refractivity contribution in [3.8, 4) is 0 Å². The first-order valence-electron chi connectivity index (χ1n) is 6.33. The molecule has 0 aliphatic rings. The summed E-state index contributed by atoms with van der Waals surface area (Å²) in [4.78, 5) is 17.2. The maximum Gasteiger partial charge on any atom is 0.272 e. The molecule has 0 bridgehead atoms. The zero-order valence-corrected chi connectivity index (χ0v) is 11.7. The highest BCUT2D eigenvalue weighted by Crippen LogP contribution is 2.14. The molecular formula is C15H15F2N3O. The molecule has 0 fully saturated rings. The Morgan fingerprint density at radius 2 is 2.00 bits per heavy atom. The van der Waals surface area contributed by atoms with Crippen LogP contribution in [0.3, 0.4) is 0 Å². The minimum Gasteiger partial charge on any atom is -0.381 e. The van der Waals surface area contributed by atoms with Crippen LogP contribution in [0, 0.1) is 11.6 Å². The molecule has 0 atom stereocenters. The second kappa shape index (κ2) is 6.30. The van der Waals surface area contributed by atoms with Gasteiger partial charge in [-0.15, -0.1) is 0 Å². The molecule has 6 heteroatoms. The van der Waals surface area contributed by atoms with E-state index in [1.807, 2.05) is 0 Å². The van der Waals surface area contributed by atoms with E-state index in [1.54, 1.807) is 26.2 Å². The zero-order valence-electron chi connectivity index (χ0n) is 11.7. The molecule has 1 heterocycles. The van der Waals surface area contributed by atoms with Gasteiger partial charge in [0.15, 0.2) is 0 Å². The van der Waals surface area contributed by atoms with Crippen molar-refractivity contribution in [2.45, 2.75) is 6.54 Å². The van der Waals surface area contributed by atoms with Gasteiger partial charge in [-0.2, -0.15) is 0 Å². The fraction of sp³-hybridized carbons (Fsp3) is 0.200. The Morgan fingerprint density at radius 3 is 2.71 bits per heavy atom. The molecule has 0 saturated carbocycles. The molecule has 110 valence electrons. The summed E-state index contributed by atoms with van der Waals surface area (Å²) in [6, 6.07) is 6.51. The van der Waals surface area contributed by atoms with Crippen molar-refractivity contribution in [1.82, 2.24) is 9.88 Å². The van der Waals surface area contributed by atoms with Crippen molar-refractivity contribution in [3.63, 3.8) is 0 Å². The monoisotopic (exact) mass is 291 g/mol. The summed E-state index contributed by atoms with van der Waals surface area (Å²) in [5.41, 5.74) is 1.11. The Hall–Kier alpha value is -2.50. The third-order valence-electron chi connectivity index (χ3n) is 2.88. The normalized spacial score (nSPS) is 10.3. The van der Waals surface area contributed by atoms with Gasteiger partial charge in [0.2, 0.25) is 0 Å². The maximum atomic E-state index is 13.5. The van der Waals surface area contributed by atoms with Crippen molar-refractivity contribution < 1.29 is 13.6 Å². The Bertz CT molecular complexity index is 659. The first kappa shape index (κ1) is 14.9. The van der Waals surface area contributed by atoms with Gasteiger partial charge in [-0.05, 0) is 30.3 Å². The number of amides is 1. The highest BCUT2D eigenvalue weighted by molar-refractivity contribution is 5.92. The first-order valence-corrected chi connectivity index (χ1v) is 6.33. The second-order valence-corrected chi connectivity index (χ2v) is 4.72. The van der Waals surface area contributed by atoms with Crippen LogP contribution in [0.2, 0.25) is 0 Å². The number of halogens is 2. The summed E-state index contributed by atoms with van der Waals surface area (Å²) in [5.74, 6) is -1.20. The molecule has 0 unspecified atom stereocenters. The minimum absolute atomic E-state index is 0.114. The van der Waals surface area contributed by atoms with Gasteiger partial charge in [-0.3, -0.25) is 9.78 Å². The largest absolute Gasteiger partial charge is 0.381 e. The standard InChI is InChI=1S/C15H15F2N3O/c1-20(2)15(21)14-8-12(5-6-18-14)19-9-10-7-11(16)3-4-13(10)17/h3-8H,9H2,1-2H3,(H,18,19). The van der Waals surface area contributed by atoms with Gasteiger partial charge < -0.3 is 10.2 Å². The molecule has 0 spiro atoms. The molecule has 1 N–H and O–H groups in total. The van der Waals surface area contributed by atoms with Crippen LogP contribution in [0.4, 0.5) is 14.5 Å². The van der Waals surface area contributed by atoms with E-state index >= 15 is 0 Å². The fourth-order valence-electron chi connectivity index (χ4n) is 1.76. The van der Waals surface area contributed by atoms with Crippen molar-refractivity contribution >= 4 is 11.6 Å². The summed E-state index contributed by atoms with van der Waals surface area (Å²) in [5, 5.41) is 2.95. The van der Waals surface area contributed by atoms with E-state index in [0.717, 1.165) is 18.2 Å². The van der Waals surface area contributed by atoms with Crippen LogP contribution in [0.25, 0.3) is 0 Å². The van der Waals surface area contributed by atoms with Gasteiger partial charge in [0, 0.05) is 38.1 Å². The predicted octanol–water partition coefficient (Wildman–Crippen LogP) is 2.67. The van der Waals surface area contributed by atoms with Gasteiger partial charge in [-0.25, -0.2) is 8.78 Å². The summed E-state index contributed by atoms with van der Waals surface area (Å²) in [6.45, 7) is 0.114. The Labute approximate surface area is 121 Å². The average Bonchev–Trinajstić information content (AvgIpc) is 2.47. The number of benzene rings is 1. The quantitative estimate of drug-likeness (QED) is 0.942. The van der Waals surface area contributed by atoms with Crippen LogP contribution in [-0.2, 0) is 6.54 Å². The molecule has 1 aromatic heterocycles. The minimum atomic E-state index is -0.494. The molecule has 0 aliphatic carbocycles. The SMILES string of the molecule is CN(C)C(=O)c1cc(NCc2cc(F)ccc2F)ccn1. The third kappa shape index (κ3) is 3.75. The molecule has 0 saturated heterocycles. The van der Waals surface area contributed by atoms with Crippen molar-refractivity contribution in [2.75, 3.05) is 19.4 Å². The highest BCUT2D eigenvalue weighted by Gasteiger charge is 2.10. The molecule has 2 rings (SSSR count). The van der Waals surface area contributed by atoms with Gasteiger partial charge in [0.25, 0.3) is 5.91 Å². The summed E-state index contributed by atoms with van der Waals surface area (Å²) in [6.07, 6.45) is 1.49. The molecule has 4 nitrogen and oxygen atoms in total. The molecule has 0 aliphatic heterocycles. The molecular weight excluding hydrogens is 276 g/mol. The van der Waals surface area contributed by atoms with E-state index in [-0.39, 0.29) is 23.7 Å². The van der Waals surface area contributed by atoms with E-state index in [0.29, 0.717) is 5.69 Å². The van der Waals surface area contributed by atoms with E-state index in [4.69, 9.17) is 0 Å². The van der Waals surface area contributed by atoms with Crippen LogP contribution < -0.4 is 5.32 Å². The number of nitrogens with one attached hydrogen (secondary N) is 1. The summed E-state index contributed by atoms with van der Waals surface area (Å²) < 4.78 is 26.6. The lowest BCUT2D eigenvalue weighted by Gasteiger charge is -2.11. The number of hydrogen-bond acceptors (Lipinski definition) is 3. The number of rotatable bonds is 4. The lowest BCUT2D eigenvalue weighted by Crippen LogP contribution is -2.22. The molecule has 2 aromatic rings. The average molecular weight is 291 g/mol. The van der Waals surface area contributed by atoms with Gasteiger partial charge in [0.05, 0.1) is 0 Å². The Morgan fingerprint density at radius 1 is 1.24 bits per heavy atom.